The first kappa shape index (κ1) is 16.2. The maximum atomic E-state index is 6.16. The smallest absolute Gasteiger partial charge is 0.124 e. The zero-order valence-corrected chi connectivity index (χ0v) is 13.8. The fraction of sp³-hybridized carbons (Fsp3) is 0.368. The van der Waals surface area contributed by atoms with E-state index in [9.17, 15) is 0 Å². The fourth-order valence-electron chi connectivity index (χ4n) is 3.24. The van der Waals surface area contributed by atoms with Crippen LogP contribution in [-0.2, 0) is 6.42 Å². The normalized spacial score (nSPS) is 25.3. The molecule has 2 aromatic carbocycles. The van der Waals surface area contributed by atoms with Crippen LogP contribution in [0.25, 0.3) is 0 Å². The van der Waals surface area contributed by atoms with Crippen LogP contribution in [0.3, 0.4) is 0 Å². The van der Waals surface area contributed by atoms with Crippen LogP contribution < -0.4 is 15.2 Å². The van der Waals surface area contributed by atoms with Crippen LogP contribution in [0.15, 0.2) is 48.5 Å². The van der Waals surface area contributed by atoms with Crippen molar-refractivity contribution in [3.05, 3.63) is 59.7 Å². The highest BCUT2D eigenvalue weighted by atomic mass is 35.5. The van der Waals surface area contributed by atoms with Crippen molar-refractivity contribution in [2.24, 2.45) is 5.73 Å². The minimum absolute atomic E-state index is 0. The molecule has 1 saturated carbocycles. The lowest BCUT2D eigenvalue weighted by molar-refractivity contribution is 0.100. The van der Waals surface area contributed by atoms with Gasteiger partial charge in [-0.25, -0.2) is 0 Å². The molecule has 1 atom stereocenters. The number of hydrogen-bond acceptors (Lipinski definition) is 3. The number of nitrogens with two attached hydrogens (primary N) is 1. The van der Waals surface area contributed by atoms with E-state index in [2.05, 4.69) is 30.3 Å². The largest absolute Gasteiger partial charge is 0.490 e. The summed E-state index contributed by atoms with van der Waals surface area (Å²) in [4.78, 5) is 0. The van der Waals surface area contributed by atoms with Gasteiger partial charge in [0.1, 0.15) is 23.7 Å². The second kappa shape index (κ2) is 6.81. The van der Waals surface area contributed by atoms with Crippen LogP contribution in [0.2, 0.25) is 0 Å². The van der Waals surface area contributed by atoms with Crippen molar-refractivity contribution in [2.45, 2.75) is 43.9 Å². The van der Waals surface area contributed by atoms with Gasteiger partial charge in [-0.15, -0.1) is 12.4 Å². The molecule has 1 aliphatic heterocycles. The van der Waals surface area contributed by atoms with E-state index < -0.39 is 0 Å². The maximum absolute atomic E-state index is 6.16. The van der Waals surface area contributed by atoms with Crippen LogP contribution in [0.4, 0.5) is 0 Å². The molecule has 0 spiro atoms. The van der Waals surface area contributed by atoms with E-state index in [-0.39, 0.29) is 24.6 Å². The summed E-state index contributed by atoms with van der Waals surface area (Å²) in [5.74, 6) is 1.93. The Morgan fingerprint density at radius 2 is 1.83 bits per heavy atom. The summed E-state index contributed by atoms with van der Waals surface area (Å²) >= 11 is 0. The summed E-state index contributed by atoms with van der Waals surface area (Å²) in [6.07, 6.45) is 4.40. The maximum Gasteiger partial charge on any atom is 0.124 e. The Kier molecular flexibility index (Phi) is 4.79. The van der Waals surface area contributed by atoms with Gasteiger partial charge in [0.25, 0.3) is 0 Å². The van der Waals surface area contributed by atoms with Gasteiger partial charge in [-0.1, -0.05) is 30.3 Å². The van der Waals surface area contributed by atoms with E-state index in [1.54, 1.807) is 0 Å². The van der Waals surface area contributed by atoms with Gasteiger partial charge >= 0.3 is 0 Å². The van der Waals surface area contributed by atoms with Crippen molar-refractivity contribution in [1.29, 1.82) is 0 Å². The van der Waals surface area contributed by atoms with Gasteiger partial charge in [0, 0.05) is 6.04 Å². The monoisotopic (exact) mass is 331 g/mol. The number of fused-ring (bicyclic) bond motifs is 1. The molecule has 0 radical (unpaired) electrons. The molecule has 2 aliphatic rings. The molecule has 4 rings (SSSR count). The van der Waals surface area contributed by atoms with Crippen LogP contribution in [-0.4, -0.2) is 12.1 Å². The molecule has 1 fully saturated rings. The zero-order valence-electron chi connectivity index (χ0n) is 13.0. The number of benzene rings is 2. The molecule has 1 heterocycles. The van der Waals surface area contributed by atoms with Crippen LogP contribution in [0.1, 0.15) is 36.5 Å². The molecule has 2 N–H and O–H groups in total. The van der Waals surface area contributed by atoms with Crippen LogP contribution in [0.5, 0.6) is 11.5 Å². The average molecular weight is 332 g/mol. The Labute approximate surface area is 143 Å². The summed E-state index contributed by atoms with van der Waals surface area (Å²) < 4.78 is 12.1. The Hall–Kier alpha value is -1.71. The SMILES string of the molecule is Cl.N[C@H]1C[C@@H](Oc2ccc3c(c2)CCC(c2ccccc2)O3)C1. The molecule has 4 heteroatoms. The minimum Gasteiger partial charge on any atom is -0.490 e. The summed E-state index contributed by atoms with van der Waals surface area (Å²) in [7, 11) is 0. The highest BCUT2D eigenvalue weighted by Crippen LogP contribution is 2.37. The average Bonchev–Trinajstić information content (AvgIpc) is 2.54. The number of aryl methyl sites for hydroxylation is 1. The third-order valence-corrected chi connectivity index (χ3v) is 4.58. The predicted octanol–water partition coefficient (Wildman–Crippen LogP) is 4.04. The molecule has 3 nitrogen and oxygen atoms in total. The van der Waals surface area contributed by atoms with E-state index in [1.807, 2.05) is 18.2 Å². The van der Waals surface area contributed by atoms with Crippen LogP contribution >= 0.6 is 12.4 Å². The first-order valence-electron chi connectivity index (χ1n) is 8.05. The van der Waals surface area contributed by atoms with Gasteiger partial charge in [0.2, 0.25) is 0 Å². The summed E-state index contributed by atoms with van der Waals surface area (Å²) in [6.45, 7) is 0. The van der Waals surface area contributed by atoms with Gasteiger partial charge in [0.05, 0.1) is 0 Å². The quantitative estimate of drug-likeness (QED) is 0.923. The van der Waals surface area contributed by atoms with E-state index in [1.165, 1.54) is 11.1 Å². The van der Waals surface area contributed by atoms with E-state index in [0.717, 1.165) is 37.2 Å². The number of rotatable bonds is 3. The number of ether oxygens (including phenoxy) is 2. The summed E-state index contributed by atoms with van der Waals surface area (Å²) in [5, 5.41) is 0. The van der Waals surface area contributed by atoms with Gasteiger partial charge in [-0.05, 0) is 55.0 Å². The van der Waals surface area contributed by atoms with Crippen molar-refractivity contribution in [3.8, 4) is 11.5 Å². The molecule has 2 aromatic rings. The molecule has 1 unspecified atom stereocenters. The lowest BCUT2D eigenvalue weighted by Gasteiger charge is -2.33. The van der Waals surface area contributed by atoms with E-state index >= 15 is 0 Å². The van der Waals surface area contributed by atoms with Crippen molar-refractivity contribution >= 4 is 12.4 Å². The van der Waals surface area contributed by atoms with Crippen molar-refractivity contribution in [2.75, 3.05) is 0 Å². The first-order valence-corrected chi connectivity index (χ1v) is 8.05. The topological polar surface area (TPSA) is 44.5 Å². The zero-order chi connectivity index (χ0) is 14.9. The van der Waals surface area contributed by atoms with Crippen molar-refractivity contribution in [1.82, 2.24) is 0 Å². The Bertz CT molecular complexity index is 656. The molecular weight excluding hydrogens is 310 g/mol. The molecule has 122 valence electrons. The van der Waals surface area contributed by atoms with Gasteiger partial charge in [-0.2, -0.15) is 0 Å². The van der Waals surface area contributed by atoms with Crippen molar-refractivity contribution in [3.63, 3.8) is 0 Å². The Balaban J connectivity index is 0.00000156. The second-order valence-electron chi connectivity index (χ2n) is 6.30. The lowest BCUT2D eigenvalue weighted by Crippen LogP contribution is -2.43. The lowest BCUT2D eigenvalue weighted by atomic mass is 9.90. The Morgan fingerprint density at radius 3 is 2.57 bits per heavy atom. The standard InChI is InChI=1S/C19H21NO2.ClH/c20-15-11-17(12-15)21-16-7-9-19-14(10-16)6-8-18(22-19)13-4-2-1-3-5-13;/h1-5,7,9-10,15,17-18H,6,8,11-12,20H2;1H/t15-,17+,18?;. The first-order chi connectivity index (χ1) is 10.8. The molecule has 0 aromatic heterocycles. The summed E-state index contributed by atoms with van der Waals surface area (Å²) in [5.41, 5.74) is 8.29. The molecule has 0 saturated heterocycles. The third kappa shape index (κ3) is 3.46. The molecule has 0 bridgehead atoms. The molecule has 23 heavy (non-hydrogen) atoms. The Morgan fingerprint density at radius 1 is 1.04 bits per heavy atom. The van der Waals surface area contributed by atoms with E-state index in [4.69, 9.17) is 15.2 Å². The number of halogens is 1. The van der Waals surface area contributed by atoms with Gasteiger partial charge in [0.15, 0.2) is 0 Å². The van der Waals surface area contributed by atoms with Crippen molar-refractivity contribution < 1.29 is 9.47 Å². The highest BCUT2D eigenvalue weighted by Gasteiger charge is 2.28. The fourth-order valence-corrected chi connectivity index (χ4v) is 3.24. The second-order valence-corrected chi connectivity index (χ2v) is 6.30. The minimum atomic E-state index is 0. The highest BCUT2D eigenvalue weighted by molar-refractivity contribution is 5.85. The third-order valence-electron chi connectivity index (χ3n) is 4.58. The molecule has 1 aliphatic carbocycles. The predicted molar refractivity (Wildman–Crippen MR) is 93.4 cm³/mol. The van der Waals surface area contributed by atoms with Gasteiger partial charge < -0.3 is 15.2 Å². The summed E-state index contributed by atoms with van der Waals surface area (Å²) in [6, 6.07) is 16.9. The molecule has 0 amide bonds. The number of hydrogen-bond donors (Lipinski definition) is 1. The van der Waals surface area contributed by atoms with Crippen LogP contribution in [0, 0.1) is 0 Å². The van der Waals surface area contributed by atoms with E-state index in [0.29, 0.717) is 6.04 Å². The van der Waals surface area contributed by atoms with Gasteiger partial charge in [-0.3, -0.25) is 0 Å². The molecular formula is C19H22ClNO2.